The molecule has 8 heteroatoms. The van der Waals surface area contributed by atoms with E-state index in [0.29, 0.717) is 0 Å². The average Bonchev–Trinajstić information content (AvgIpc) is 1.82. The molecule has 2 N–H and O–H groups in total. The number of halogens is 6. The molecular formula is C3H2F6N2. The molecule has 0 radical (unpaired) electrons. The lowest BCUT2D eigenvalue weighted by Crippen LogP contribution is -2.30. The van der Waals surface area contributed by atoms with Crippen molar-refractivity contribution in [1.82, 2.24) is 5.34 Å². The molecule has 0 saturated heterocycles. The molecule has 11 heavy (non-hydrogen) atoms. The number of alkyl halides is 2. The number of rotatable bonds is 2. The lowest BCUT2D eigenvalue weighted by molar-refractivity contribution is -0.145. The molecule has 0 spiro atoms. The maximum atomic E-state index is 11.7. The molecule has 0 unspecified atom stereocenters. The smallest absolute Gasteiger partial charge is 0.266 e. The lowest BCUT2D eigenvalue weighted by Gasteiger charge is -2.07. The van der Waals surface area contributed by atoms with Crippen LogP contribution in [0.3, 0.4) is 0 Å². The summed E-state index contributed by atoms with van der Waals surface area (Å²) in [6.45, 7) is 0. The molecule has 66 valence electrons. The Bertz CT molecular complexity index is 169. The van der Waals surface area contributed by atoms with Gasteiger partial charge in [-0.1, -0.05) is 8.96 Å². The highest BCUT2D eigenvalue weighted by molar-refractivity contribution is 5.03. The van der Waals surface area contributed by atoms with Crippen LogP contribution in [-0.4, -0.2) is 11.4 Å². The third-order valence-corrected chi connectivity index (χ3v) is 0.622. The molecule has 0 amide bonds. The first kappa shape index (κ1) is 10.1. The summed E-state index contributed by atoms with van der Waals surface area (Å²) in [6, 6.07) is -4.72. The van der Waals surface area contributed by atoms with Crippen LogP contribution in [0.1, 0.15) is 0 Å². The van der Waals surface area contributed by atoms with Crippen molar-refractivity contribution in [1.29, 1.82) is 0 Å². The topological polar surface area (TPSA) is 29.3 Å². The number of hydrogen-bond acceptors (Lipinski definition) is 2. The second kappa shape index (κ2) is 2.99. The van der Waals surface area contributed by atoms with Crippen LogP contribution in [-0.2, 0) is 0 Å². The SMILES string of the molecule is NC(F)(F)C(F)=C(F)N(F)F. The Morgan fingerprint density at radius 2 is 1.55 bits per heavy atom. The molecular weight excluding hydrogens is 178 g/mol. The number of hydrogen-bond donors (Lipinski definition) is 1. The predicted octanol–water partition coefficient (Wildman–Crippen LogP) is 1.72. The quantitative estimate of drug-likeness (QED) is 0.398. The summed E-state index contributed by atoms with van der Waals surface area (Å²) in [5, 5.41) is -2.43. The molecule has 0 aliphatic heterocycles. The fourth-order valence-electron chi connectivity index (χ4n) is 0.212. The van der Waals surface area contributed by atoms with Crippen molar-refractivity contribution in [3.8, 4) is 0 Å². The van der Waals surface area contributed by atoms with Crippen LogP contribution in [0.2, 0.25) is 0 Å². The summed E-state index contributed by atoms with van der Waals surface area (Å²) in [5.74, 6) is -6.01. The molecule has 0 aromatic heterocycles. The highest BCUT2D eigenvalue weighted by Crippen LogP contribution is 2.25. The first-order chi connectivity index (χ1) is 4.76. The molecule has 0 aliphatic rings. The minimum atomic E-state index is -4.72. The van der Waals surface area contributed by atoms with Gasteiger partial charge in [-0.25, -0.2) is 0 Å². The minimum Gasteiger partial charge on any atom is -0.266 e. The van der Waals surface area contributed by atoms with Gasteiger partial charge in [-0.2, -0.15) is 17.6 Å². The van der Waals surface area contributed by atoms with E-state index < -0.39 is 23.2 Å². The molecule has 0 rings (SSSR count). The van der Waals surface area contributed by atoms with E-state index in [2.05, 4.69) is 5.73 Å². The van der Waals surface area contributed by atoms with Crippen molar-refractivity contribution >= 4 is 0 Å². The molecule has 0 fully saturated rings. The highest BCUT2D eigenvalue weighted by Gasteiger charge is 2.35. The fraction of sp³-hybridized carbons (Fsp3) is 0.333. The third kappa shape index (κ3) is 2.66. The van der Waals surface area contributed by atoms with Gasteiger partial charge in [0.25, 0.3) is 5.95 Å². The summed E-state index contributed by atoms with van der Waals surface area (Å²) in [6.07, 6.45) is 0. The maximum Gasteiger partial charge on any atom is 0.357 e. The summed E-state index contributed by atoms with van der Waals surface area (Å²) in [7, 11) is 0. The molecule has 0 heterocycles. The Morgan fingerprint density at radius 1 is 1.18 bits per heavy atom. The van der Waals surface area contributed by atoms with E-state index in [1.807, 2.05) is 0 Å². The van der Waals surface area contributed by atoms with Crippen LogP contribution in [0.15, 0.2) is 11.8 Å². The first-order valence-corrected chi connectivity index (χ1v) is 2.11. The van der Waals surface area contributed by atoms with E-state index in [-0.39, 0.29) is 0 Å². The Labute approximate surface area is 56.7 Å². The van der Waals surface area contributed by atoms with Crippen molar-refractivity contribution < 1.29 is 26.5 Å². The Balaban J connectivity index is 4.67. The van der Waals surface area contributed by atoms with E-state index in [1.165, 1.54) is 0 Å². The normalized spacial score (nSPS) is 14.5. The van der Waals surface area contributed by atoms with Gasteiger partial charge in [0.1, 0.15) is 0 Å². The lowest BCUT2D eigenvalue weighted by atomic mass is 10.5. The number of nitrogens with two attached hydrogens (primary N) is 1. The van der Waals surface area contributed by atoms with Gasteiger partial charge in [0.15, 0.2) is 0 Å². The van der Waals surface area contributed by atoms with Crippen molar-refractivity contribution in [3.05, 3.63) is 11.8 Å². The van der Waals surface area contributed by atoms with Crippen LogP contribution in [0.5, 0.6) is 0 Å². The Hall–Kier alpha value is -0.920. The fourth-order valence-corrected chi connectivity index (χ4v) is 0.212. The zero-order valence-electron chi connectivity index (χ0n) is 4.79. The van der Waals surface area contributed by atoms with Gasteiger partial charge in [0, 0.05) is 0 Å². The van der Waals surface area contributed by atoms with Gasteiger partial charge in [-0.3, -0.25) is 5.73 Å². The van der Waals surface area contributed by atoms with Gasteiger partial charge in [0.2, 0.25) is 5.83 Å². The van der Waals surface area contributed by atoms with E-state index in [1.54, 1.807) is 0 Å². The zero-order chi connectivity index (χ0) is 9.23. The monoisotopic (exact) mass is 180 g/mol. The van der Waals surface area contributed by atoms with Crippen LogP contribution in [0, 0.1) is 0 Å². The molecule has 0 aliphatic carbocycles. The van der Waals surface area contributed by atoms with E-state index in [9.17, 15) is 26.5 Å². The van der Waals surface area contributed by atoms with E-state index in [4.69, 9.17) is 0 Å². The minimum absolute atomic E-state index is 2.43. The maximum absolute atomic E-state index is 11.7. The summed E-state index contributed by atoms with van der Waals surface area (Å²) in [5.41, 5.74) is 3.65. The van der Waals surface area contributed by atoms with E-state index >= 15 is 0 Å². The van der Waals surface area contributed by atoms with E-state index in [0.717, 1.165) is 0 Å². The van der Waals surface area contributed by atoms with Crippen molar-refractivity contribution in [3.63, 3.8) is 0 Å². The van der Waals surface area contributed by atoms with Gasteiger partial charge in [-0.15, -0.1) is 0 Å². The van der Waals surface area contributed by atoms with Crippen molar-refractivity contribution in [2.75, 3.05) is 0 Å². The molecule has 2 nitrogen and oxygen atoms in total. The second-order valence-corrected chi connectivity index (χ2v) is 1.46. The second-order valence-electron chi connectivity index (χ2n) is 1.46. The number of nitrogens with zero attached hydrogens (tertiary/aromatic N) is 1. The van der Waals surface area contributed by atoms with Crippen LogP contribution < -0.4 is 5.73 Å². The summed E-state index contributed by atoms with van der Waals surface area (Å²) >= 11 is 0. The van der Waals surface area contributed by atoms with Crippen LogP contribution >= 0.6 is 0 Å². The third-order valence-electron chi connectivity index (χ3n) is 0.622. The van der Waals surface area contributed by atoms with Gasteiger partial charge in [0.05, 0.1) is 0 Å². The summed E-state index contributed by atoms with van der Waals surface area (Å²) < 4.78 is 68.1. The van der Waals surface area contributed by atoms with Crippen LogP contribution in [0.4, 0.5) is 26.5 Å². The first-order valence-electron chi connectivity index (χ1n) is 2.11. The molecule has 0 atom stereocenters. The molecule has 0 aromatic rings. The Morgan fingerprint density at radius 3 is 1.64 bits per heavy atom. The van der Waals surface area contributed by atoms with Crippen molar-refractivity contribution in [2.45, 2.75) is 6.05 Å². The van der Waals surface area contributed by atoms with Gasteiger partial charge >= 0.3 is 6.05 Å². The molecule has 0 aromatic carbocycles. The van der Waals surface area contributed by atoms with Crippen LogP contribution in [0.25, 0.3) is 0 Å². The predicted molar refractivity (Wildman–Crippen MR) is 22.4 cm³/mol. The highest BCUT2D eigenvalue weighted by atomic mass is 19.4. The molecule has 0 saturated carbocycles. The zero-order valence-corrected chi connectivity index (χ0v) is 4.79. The largest absolute Gasteiger partial charge is 0.357 e. The standard InChI is InChI=1S/C3H2F6N2/c4-1(3(6,7)10)2(5)11(8)9/h10H2. The van der Waals surface area contributed by atoms with Crippen molar-refractivity contribution in [2.24, 2.45) is 5.73 Å². The summed E-state index contributed by atoms with van der Waals surface area (Å²) in [4.78, 5) is 0. The molecule has 0 bridgehead atoms. The Kier molecular flexibility index (Phi) is 2.74. The van der Waals surface area contributed by atoms with Gasteiger partial charge in [-0.05, 0) is 5.34 Å². The van der Waals surface area contributed by atoms with Gasteiger partial charge < -0.3 is 0 Å². The average molecular weight is 180 g/mol.